The fourth-order valence-electron chi connectivity index (χ4n) is 3.03. The summed E-state index contributed by atoms with van der Waals surface area (Å²) < 4.78 is 24.1. The minimum absolute atomic E-state index is 0.267. The zero-order valence-electron chi connectivity index (χ0n) is 14.4. The Morgan fingerprint density at radius 3 is 2.43 bits per heavy atom. The van der Waals surface area contributed by atoms with E-state index in [1.165, 1.54) is 0 Å². The third kappa shape index (κ3) is 6.25. The van der Waals surface area contributed by atoms with Crippen molar-refractivity contribution >= 4 is 9.84 Å². The third-order valence-corrected chi connectivity index (χ3v) is 6.56. The summed E-state index contributed by atoms with van der Waals surface area (Å²) in [5.41, 5.74) is 0. The van der Waals surface area contributed by atoms with Gasteiger partial charge in [0, 0.05) is 31.7 Å². The lowest BCUT2D eigenvalue weighted by molar-refractivity contribution is 0.122. The fraction of sp³-hybridized carbons (Fsp3) is 1.00. The van der Waals surface area contributed by atoms with Gasteiger partial charge >= 0.3 is 0 Å². The second-order valence-electron chi connectivity index (χ2n) is 7.09. The van der Waals surface area contributed by atoms with Crippen molar-refractivity contribution in [2.75, 3.05) is 25.4 Å². The van der Waals surface area contributed by atoms with Gasteiger partial charge in [-0.3, -0.25) is 4.90 Å². The molecule has 0 bridgehead atoms. The number of nitrogens with one attached hydrogen (secondary N) is 1. The maximum atomic E-state index is 12.1. The molecule has 0 aliphatic carbocycles. The summed E-state index contributed by atoms with van der Waals surface area (Å²) in [7, 11) is -2.94. The molecule has 1 aliphatic heterocycles. The van der Waals surface area contributed by atoms with E-state index in [1.54, 1.807) is 13.8 Å². The second-order valence-corrected chi connectivity index (χ2v) is 9.76. The SMILES string of the molecule is CCCC1CNC(CC(C)C)CN1CCS(=O)(=O)C(C)C. The highest BCUT2D eigenvalue weighted by Gasteiger charge is 2.29. The topological polar surface area (TPSA) is 49.4 Å². The van der Waals surface area contributed by atoms with E-state index in [2.05, 4.69) is 31.0 Å². The van der Waals surface area contributed by atoms with Gasteiger partial charge in [0.25, 0.3) is 0 Å². The van der Waals surface area contributed by atoms with Crippen LogP contribution in [0.3, 0.4) is 0 Å². The third-order valence-electron chi connectivity index (χ3n) is 4.37. The highest BCUT2D eigenvalue weighted by molar-refractivity contribution is 7.92. The van der Waals surface area contributed by atoms with Gasteiger partial charge < -0.3 is 5.32 Å². The summed E-state index contributed by atoms with van der Waals surface area (Å²) >= 11 is 0. The van der Waals surface area contributed by atoms with Crippen LogP contribution in [0.1, 0.15) is 53.9 Å². The predicted octanol–water partition coefficient (Wildman–Crippen LogP) is 2.30. The van der Waals surface area contributed by atoms with Gasteiger partial charge in [-0.15, -0.1) is 0 Å². The van der Waals surface area contributed by atoms with Crippen molar-refractivity contribution in [2.45, 2.75) is 71.2 Å². The van der Waals surface area contributed by atoms with Crippen molar-refractivity contribution in [1.82, 2.24) is 10.2 Å². The first-order valence-corrected chi connectivity index (χ1v) is 10.2. The molecule has 1 fully saturated rings. The molecule has 0 saturated carbocycles. The van der Waals surface area contributed by atoms with Gasteiger partial charge in [-0.1, -0.05) is 27.2 Å². The predicted molar refractivity (Wildman–Crippen MR) is 90.4 cm³/mol. The highest BCUT2D eigenvalue weighted by Crippen LogP contribution is 2.17. The number of sulfone groups is 1. The summed E-state index contributed by atoms with van der Waals surface area (Å²) in [4.78, 5) is 2.41. The molecular weight excluding hydrogens is 284 g/mol. The standard InChI is InChI=1S/C16H34N2O2S/c1-6-7-16-11-17-15(10-13(2)3)12-18(16)8-9-21(19,20)14(4)5/h13-17H,6-12H2,1-5H3. The van der Waals surface area contributed by atoms with Crippen molar-refractivity contribution in [1.29, 1.82) is 0 Å². The summed E-state index contributed by atoms with van der Waals surface area (Å²) in [6.45, 7) is 12.9. The molecule has 1 aliphatic rings. The zero-order chi connectivity index (χ0) is 16.0. The molecular formula is C16H34N2O2S. The van der Waals surface area contributed by atoms with E-state index in [4.69, 9.17) is 0 Å². The average molecular weight is 319 g/mol. The minimum Gasteiger partial charge on any atom is -0.311 e. The molecule has 0 radical (unpaired) electrons. The molecule has 1 heterocycles. The highest BCUT2D eigenvalue weighted by atomic mass is 32.2. The van der Waals surface area contributed by atoms with Gasteiger partial charge in [0.15, 0.2) is 9.84 Å². The molecule has 1 rings (SSSR count). The Hall–Kier alpha value is -0.130. The number of hydrogen-bond acceptors (Lipinski definition) is 4. The summed E-state index contributed by atoms with van der Waals surface area (Å²) in [5, 5.41) is 3.38. The van der Waals surface area contributed by atoms with Gasteiger partial charge in [-0.25, -0.2) is 8.42 Å². The lowest BCUT2D eigenvalue weighted by atomic mass is 9.98. The van der Waals surface area contributed by atoms with Crippen molar-refractivity contribution in [2.24, 2.45) is 5.92 Å². The summed E-state index contributed by atoms with van der Waals surface area (Å²) in [6, 6.07) is 0.987. The Labute approximate surface area is 131 Å². The van der Waals surface area contributed by atoms with Gasteiger partial charge in [0.05, 0.1) is 11.0 Å². The molecule has 0 spiro atoms. The Kier molecular flexibility index (Phi) is 7.65. The van der Waals surface area contributed by atoms with E-state index in [-0.39, 0.29) is 5.25 Å². The van der Waals surface area contributed by atoms with E-state index in [0.717, 1.165) is 32.4 Å². The van der Waals surface area contributed by atoms with Crippen molar-refractivity contribution in [3.05, 3.63) is 0 Å². The first-order chi connectivity index (χ1) is 9.76. The summed E-state index contributed by atoms with van der Waals surface area (Å²) in [6.07, 6.45) is 3.45. The van der Waals surface area contributed by atoms with Crippen LogP contribution in [0.25, 0.3) is 0 Å². The Morgan fingerprint density at radius 1 is 1.24 bits per heavy atom. The van der Waals surface area contributed by atoms with Crippen LogP contribution in [-0.2, 0) is 9.84 Å². The van der Waals surface area contributed by atoms with Gasteiger partial charge in [-0.2, -0.15) is 0 Å². The van der Waals surface area contributed by atoms with Gasteiger partial charge in [0.2, 0.25) is 0 Å². The van der Waals surface area contributed by atoms with Crippen LogP contribution >= 0.6 is 0 Å². The quantitative estimate of drug-likeness (QED) is 0.746. The molecule has 21 heavy (non-hydrogen) atoms. The molecule has 126 valence electrons. The van der Waals surface area contributed by atoms with Gasteiger partial charge in [0.1, 0.15) is 0 Å². The number of nitrogens with zero attached hydrogens (tertiary/aromatic N) is 1. The second kappa shape index (κ2) is 8.49. The van der Waals surface area contributed by atoms with Gasteiger partial charge in [-0.05, 0) is 32.6 Å². The van der Waals surface area contributed by atoms with Crippen LogP contribution in [0.15, 0.2) is 0 Å². The molecule has 0 aromatic heterocycles. The zero-order valence-corrected chi connectivity index (χ0v) is 15.2. The Balaban J connectivity index is 2.62. The molecule has 0 aromatic rings. The van der Waals surface area contributed by atoms with E-state index in [0.29, 0.717) is 30.3 Å². The number of piperazine rings is 1. The van der Waals surface area contributed by atoms with Crippen LogP contribution in [0.5, 0.6) is 0 Å². The first-order valence-electron chi connectivity index (χ1n) is 8.45. The number of rotatable bonds is 8. The van der Waals surface area contributed by atoms with Crippen LogP contribution in [-0.4, -0.2) is 56.0 Å². The first kappa shape index (κ1) is 18.9. The molecule has 2 atom stereocenters. The molecule has 0 aromatic carbocycles. The molecule has 2 unspecified atom stereocenters. The Bertz CT molecular complexity index is 393. The molecule has 1 saturated heterocycles. The monoisotopic (exact) mass is 318 g/mol. The van der Waals surface area contributed by atoms with E-state index in [1.807, 2.05) is 0 Å². The molecule has 5 heteroatoms. The fourth-order valence-corrected chi connectivity index (χ4v) is 3.99. The van der Waals surface area contributed by atoms with E-state index in [9.17, 15) is 8.42 Å². The minimum atomic E-state index is -2.94. The smallest absolute Gasteiger partial charge is 0.153 e. The van der Waals surface area contributed by atoms with Crippen LogP contribution < -0.4 is 5.32 Å². The molecule has 0 amide bonds. The summed E-state index contributed by atoms with van der Waals surface area (Å²) in [5.74, 6) is 0.964. The van der Waals surface area contributed by atoms with E-state index < -0.39 is 9.84 Å². The average Bonchev–Trinajstić information content (AvgIpc) is 2.38. The maximum Gasteiger partial charge on any atom is 0.153 e. The molecule has 1 N–H and O–H groups in total. The Morgan fingerprint density at radius 2 is 1.90 bits per heavy atom. The van der Waals surface area contributed by atoms with Crippen molar-refractivity contribution in [3.63, 3.8) is 0 Å². The van der Waals surface area contributed by atoms with Crippen LogP contribution in [0.2, 0.25) is 0 Å². The largest absolute Gasteiger partial charge is 0.311 e. The van der Waals surface area contributed by atoms with Crippen molar-refractivity contribution in [3.8, 4) is 0 Å². The maximum absolute atomic E-state index is 12.1. The van der Waals surface area contributed by atoms with Crippen LogP contribution in [0, 0.1) is 5.92 Å². The van der Waals surface area contributed by atoms with Crippen LogP contribution in [0.4, 0.5) is 0 Å². The lowest BCUT2D eigenvalue weighted by Gasteiger charge is -2.41. The van der Waals surface area contributed by atoms with Crippen molar-refractivity contribution < 1.29 is 8.42 Å². The van der Waals surface area contributed by atoms with E-state index >= 15 is 0 Å². The normalized spacial score (nSPS) is 24.9. The molecule has 4 nitrogen and oxygen atoms in total. The number of hydrogen-bond donors (Lipinski definition) is 1. The lowest BCUT2D eigenvalue weighted by Crippen LogP contribution is -2.57.